The number of urea groups is 1. The van der Waals surface area contributed by atoms with Crippen LogP contribution in [0.3, 0.4) is 0 Å². The molecule has 32 heavy (non-hydrogen) atoms. The number of carbonyl (C=O) groups excluding carboxylic acids is 2. The minimum Gasteiger partial charge on any atom is -0.349 e. The Labute approximate surface area is 193 Å². The molecule has 2 aliphatic heterocycles. The third kappa shape index (κ3) is 6.26. The second-order valence-electron chi connectivity index (χ2n) is 8.66. The number of piperidine rings is 2. The fourth-order valence-corrected chi connectivity index (χ4v) is 5.04. The van der Waals surface area contributed by atoms with Gasteiger partial charge in [0.25, 0.3) is 5.91 Å². The molecule has 0 bridgehead atoms. The van der Waals surface area contributed by atoms with Crippen molar-refractivity contribution in [1.82, 2.24) is 24.7 Å². The Morgan fingerprint density at radius 1 is 1.03 bits per heavy atom. The minimum atomic E-state index is -0.285. The van der Waals surface area contributed by atoms with Crippen LogP contribution < -0.4 is 10.6 Å². The molecule has 0 saturated carbocycles. The van der Waals surface area contributed by atoms with E-state index >= 15 is 0 Å². The van der Waals surface area contributed by atoms with Crippen LogP contribution in [0.4, 0.5) is 9.80 Å². The van der Waals surface area contributed by atoms with Crippen molar-refractivity contribution in [1.29, 1.82) is 0 Å². The quantitative estimate of drug-likeness (QED) is 0.668. The van der Waals surface area contributed by atoms with Crippen LogP contribution in [0.5, 0.6) is 0 Å². The maximum Gasteiger partial charge on any atom is 0.322 e. The first kappa shape index (κ1) is 22.7. The molecule has 2 saturated heterocycles. The molecule has 1 aromatic heterocycles. The van der Waals surface area contributed by atoms with E-state index in [9.17, 15) is 9.59 Å². The van der Waals surface area contributed by atoms with Gasteiger partial charge < -0.3 is 15.1 Å². The SMILES string of the molecule is O=C(NCCN1CCCCC1)c1nnsc1NC(=O)N1CCC(Cc2ccccc2)CC1. The Morgan fingerprint density at radius 3 is 2.53 bits per heavy atom. The summed E-state index contributed by atoms with van der Waals surface area (Å²) in [6, 6.07) is 10.3. The lowest BCUT2D eigenvalue weighted by Gasteiger charge is -2.32. The Hall–Kier alpha value is -2.52. The van der Waals surface area contributed by atoms with Crippen LogP contribution in [0.25, 0.3) is 0 Å². The zero-order valence-electron chi connectivity index (χ0n) is 18.5. The molecule has 2 N–H and O–H groups in total. The predicted molar refractivity (Wildman–Crippen MR) is 126 cm³/mol. The van der Waals surface area contributed by atoms with Gasteiger partial charge >= 0.3 is 6.03 Å². The van der Waals surface area contributed by atoms with E-state index in [0.717, 1.165) is 50.4 Å². The van der Waals surface area contributed by atoms with Gasteiger partial charge in [0, 0.05) is 37.7 Å². The molecule has 3 amide bonds. The summed E-state index contributed by atoms with van der Waals surface area (Å²) >= 11 is 1.04. The second kappa shape index (κ2) is 11.4. The number of nitrogens with zero attached hydrogens (tertiary/aromatic N) is 4. The molecular weight excluding hydrogens is 424 g/mol. The summed E-state index contributed by atoms with van der Waals surface area (Å²) in [5.41, 5.74) is 1.54. The van der Waals surface area contributed by atoms with E-state index in [2.05, 4.69) is 49.4 Å². The summed E-state index contributed by atoms with van der Waals surface area (Å²) in [5, 5.41) is 10.1. The molecule has 0 unspecified atom stereocenters. The number of hydrogen-bond acceptors (Lipinski definition) is 6. The lowest BCUT2D eigenvalue weighted by atomic mass is 9.90. The molecule has 0 spiro atoms. The molecule has 0 aliphatic carbocycles. The van der Waals surface area contributed by atoms with Crippen molar-refractivity contribution >= 4 is 28.5 Å². The van der Waals surface area contributed by atoms with Crippen molar-refractivity contribution in [3.63, 3.8) is 0 Å². The van der Waals surface area contributed by atoms with Gasteiger partial charge in [-0.15, -0.1) is 5.10 Å². The highest BCUT2D eigenvalue weighted by Crippen LogP contribution is 2.23. The Kier molecular flexibility index (Phi) is 8.06. The smallest absolute Gasteiger partial charge is 0.322 e. The molecule has 0 atom stereocenters. The lowest BCUT2D eigenvalue weighted by Crippen LogP contribution is -2.41. The number of amides is 3. The van der Waals surface area contributed by atoms with Crippen LogP contribution in [0.15, 0.2) is 30.3 Å². The molecular formula is C23H32N6O2S. The standard InChI is InChI=1S/C23H32N6O2S/c30-21(24-11-16-28-12-5-2-6-13-28)20-22(32-27-26-20)25-23(31)29-14-9-19(10-15-29)17-18-7-3-1-4-8-18/h1,3-4,7-8,19H,2,5-6,9-17H2,(H,24,30)(H,25,31). The molecule has 172 valence electrons. The van der Waals surface area contributed by atoms with Gasteiger partial charge in [-0.25, -0.2) is 4.79 Å². The summed E-state index contributed by atoms with van der Waals surface area (Å²) in [6.07, 6.45) is 6.76. The Bertz CT molecular complexity index is 876. The maximum absolute atomic E-state index is 12.8. The summed E-state index contributed by atoms with van der Waals surface area (Å²) in [4.78, 5) is 29.5. The Morgan fingerprint density at radius 2 is 1.78 bits per heavy atom. The third-order valence-corrected chi connectivity index (χ3v) is 7.00. The third-order valence-electron chi connectivity index (χ3n) is 6.35. The minimum absolute atomic E-state index is 0.184. The highest BCUT2D eigenvalue weighted by atomic mass is 32.1. The van der Waals surface area contributed by atoms with E-state index in [1.165, 1.54) is 24.8 Å². The molecule has 8 nitrogen and oxygen atoms in total. The van der Waals surface area contributed by atoms with Gasteiger partial charge in [-0.05, 0) is 56.7 Å². The first-order chi connectivity index (χ1) is 15.7. The zero-order valence-corrected chi connectivity index (χ0v) is 19.3. The van der Waals surface area contributed by atoms with E-state index in [4.69, 9.17) is 0 Å². The number of rotatable bonds is 7. The largest absolute Gasteiger partial charge is 0.349 e. The monoisotopic (exact) mass is 456 g/mol. The molecule has 2 aromatic rings. The van der Waals surface area contributed by atoms with E-state index in [-0.39, 0.29) is 17.6 Å². The molecule has 4 rings (SSSR count). The van der Waals surface area contributed by atoms with Crippen molar-refractivity contribution < 1.29 is 9.59 Å². The zero-order chi connectivity index (χ0) is 22.2. The number of aromatic nitrogens is 2. The van der Waals surface area contributed by atoms with E-state index < -0.39 is 0 Å². The van der Waals surface area contributed by atoms with Crippen molar-refractivity contribution in [2.45, 2.75) is 38.5 Å². The van der Waals surface area contributed by atoms with Gasteiger partial charge in [-0.3, -0.25) is 10.1 Å². The van der Waals surface area contributed by atoms with E-state index in [0.29, 0.717) is 30.6 Å². The first-order valence-electron chi connectivity index (χ1n) is 11.6. The predicted octanol–water partition coefficient (Wildman–Crippen LogP) is 3.24. The number of hydrogen-bond donors (Lipinski definition) is 2. The van der Waals surface area contributed by atoms with Crippen molar-refractivity contribution in [3.8, 4) is 0 Å². The van der Waals surface area contributed by atoms with Crippen LogP contribution in [-0.2, 0) is 6.42 Å². The highest BCUT2D eigenvalue weighted by Gasteiger charge is 2.25. The summed E-state index contributed by atoms with van der Waals surface area (Å²) in [5.74, 6) is 0.306. The number of carbonyl (C=O) groups is 2. The second-order valence-corrected chi connectivity index (χ2v) is 9.41. The molecule has 1 aromatic carbocycles. The number of anilines is 1. The van der Waals surface area contributed by atoms with Crippen LogP contribution in [-0.4, -0.2) is 70.6 Å². The van der Waals surface area contributed by atoms with Gasteiger partial charge in [0.15, 0.2) is 10.7 Å². The number of likely N-dealkylation sites (tertiary alicyclic amines) is 2. The molecule has 2 aliphatic rings. The number of nitrogens with one attached hydrogen (secondary N) is 2. The average Bonchev–Trinajstić information content (AvgIpc) is 3.29. The van der Waals surface area contributed by atoms with Crippen molar-refractivity contribution in [3.05, 3.63) is 41.6 Å². The van der Waals surface area contributed by atoms with Crippen LogP contribution in [0.2, 0.25) is 0 Å². The highest BCUT2D eigenvalue weighted by molar-refractivity contribution is 7.10. The van der Waals surface area contributed by atoms with Gasteiger partial charge in [0.2, 0.25) is 0 Å². The van der Waals surface area contributed by atoms with Gasteiger partial charge in [0.05, 0.1) is 0 Å². The van der Waals surface area contributed by atoms with Gasteiger partial charge in [0.1, 0.15) is 0 Å². The summed E-state index contributed by atoms with van der Waals surface area (Å²) in [6.45, 7) is 5.02. The maximum atomic E-state index is 12.8. The molecule has 9 heteroatoms. The lowest BCUT2D eigenvalue weighted by molar-refractivity contribution is 0.0942. The first-order valence-corrected chi connectivity index (χ1v) is 12.4. The molecule has 2 fully saturated rings. The van der Waals surface area contributed by atoms with Gasteiger partial charge in [-0.1, -0.05) is 41.2 Å². The Balaban J connectivity index is 1.22. The normalized spacial score (nSPS) is 17.8. The fraction of sp³-hybridized carbons (Fsp3) is 0.565. The average molecular weight is 457 g/mol. The van der Waals surface area contributed by atoms with E-state index in [1.54, 1.807) is 0 Å². The summed E-state index contributed by atoms with van der Waals surface area (Å²) < 4.78 is 3.89. The van der Waals surface area contributed by atoms with Crippen LogP contribution in [0.1, 0.15) is 48.2 Å². The topological polar surface area (TPSA) is 90.5 Å². The van der Waals surface area contributed by atoms with Crippen LogP contribution in [0, 0.1) is 5.92 Å². The van der Waals surface area contributed by atoms with Crippen LogP contribution >= 0.6 is 11.5 Å². The van der Waals surface area contributed by atoms with Gasteiger partial charge in [-0.2, -0.15) is 0 Å². The van der Waals surface area contributed by atoms with E-state index in [1.807, 2.05) is 11.0 Å². The molecule has 3 heterocycles. The summed E-state index contributed by atoms with van der Waals surface area (Å²) in [7, 11) is 0. The number of benzene rings is 1. The fourth-order valence-electron chi connectivity index (χ4n) is 4.48. The molecule has 0 radical (unpaired) electrons. The van der Waals surface area contributed by atoms with Crippen molar-refractivity contribution in [2.24, 2.45) is 5.92 Å². The van der Waals surface area contributed by atoms with Crippen molar-refractivity contribution in [2.75, 3.05) is 44.6 Å².